The van der Waals surface area contributed by atoms with Crippen LogP contribution in [0.3, 0.4) is 0 Å². The van der Waals surface area contributed by atoms with Crippen molar-refractivity contribution < 1.29 is 9.90 Å². The van der Waals surface area contributed by atoms with E-state index >= 15 is 0 Å². The third-order valence-corrected chi connectivity index (χ3v) is 5.28. The summed E-state index contributed by atoms with van der Waals surface area (Å²) in [5.74, 6) is 0.000325. The number of fused-ring (bicyclic) bond motifs is 1. The third-order valence-electron chi connectivity index (χ3n) is 5.04. The lowest BCUT2D eigenvalue weighted by Gasteiger charge is -2.39. The molecular weight excluding hydrogens is 361 g/mol. The van der Waals surface area contributed by atoms with Crippen LogP contribution in [0.2, 0.25) is 5.02 Å². The van der Waals surface area contributed by atoms with E-state index in [9.17, 15) is 9.90 Å². The topological polar surface area (TPSA) is 91.1 Å². The molecule has 2 unspecified atom stereocenters. The van der Waals surface area contributed by atoms with Crippen LogP contribution in [-0.2, 0) is 0 Å². The molecule has 3 atom stereocenters. The summed E-state index contributed by atoms with van der Waals surface area (Å²) >= 11 is 5.98. The molecule has 5 nitrogen and oxygen atoms in total. The molecular formula is C18H25Cl2N3O2. The summed E-state index contributed by atoms with van der Waals surface area (Å²) in [7, 11) is 0. The molecule has 1 amide bonds. The number of amides is 1. The Kier molecular flexibility index (Phi) is 6.05. The maximum Gasteiger partial charge on any atom is 0.268 e. The number of rotatable bonds is 3. The van der Waals surface area contributed by atoms with Crippen molar-refractivity contribution in [1.82, 2.24) is 10.3 Å². The van der Waals surface area contributed by atoms with E-state index in [2.05, 4.69) is 10.3 Å². The number of H-pyrrole nitrogens is 1. The SMILES string of the molecule is CC(C)(O)[C@@H]1CCC(NC(=O)c2cc3cc(Cl)ccc3[nH]2)C(N)C1.Cl. The van der Waals surface area contributed by atoms with Gasteiger partial charge >= 0.3 is 0 Å². The van der Waals surface area contributed by atoms with Crippen molar-refractivity contribution in [3.8, 4) is 0 Å². The highest BCUT2D eigenvalue weighted by Crippen LogP contribution is 2.32. The summed E-state index contributed by atoms with van der Waals surface area (Å²) < 4.78 is 0. The molecule has 3 rings (SSSR count). The highest BCUT2D eigenvalue weighted by molar-refractivity contribution is 6.31. The summed E-state index contributed by atoms with van der Waals surface area (Å²) in [5, 5.41) is 14.7. The van der Waals surface area contributed by atoms with Crippen LogP contribution in [-0.4, -0.2) is 33.7 Å². The number of carbonyl (C=O) groups excluding carboxylic acids is 1. The highest BCUT2D eigenvalue weighted by Gasteiger charge is 2.36. The quantitative estimate of drug-likeness (QED) is 0.653. The van der Waals surface area contributed by atoms with Gasteiger partial charge in [0, 0.05) is 28.0 Å². The molecule has 25 heavy (non-hydrogen) atoms. The lowest BCUT2D eigenvalue weighted by atomic mass is 9.75. The number of halogens is 2. The van der Waals surface area contributed by atoms with Crippen LogP contribution in [0.25, 0.3) is 10.9 Å². The molecule has 1 aliphatic carbocycles. The molecule has 1 heterocycles. The lowest BCUT2D eigenvalue weighted by molar-refractivity contribution is -0.00651. The van der Waals surface area contributed by atoms with Crippen LogP contribution >= 0.6 is 24.0 Å². The fourth-order valence-electron chi connectivity index (χ4n) is 3.50. The van der Waals surface area contributed by atoms with Gasteiger partial charge in [-0.2, -0.15) is 0 Å². The number of benzene rings is 1. The Labute approximate surface area is 158 Å². The second kappa shape index (κ2) is 7.54. The molecule has 2 aromatic rings. The van der Waals surface area contributed by atoms with Crippen LogP contribution < -0.4 is 11.1 Å². The predicted octanol–water partition coefficient (Wildman–Crippen LogP) is 3.24. The maximum absolute atomic E-state index is 12.5. The van der Waals surface area contributed by atoms with E-state index in [1.165, 1.54) is 0 Å². The van der Waals surface area contributed by atoms with Gasteiger partial charge in [0.25, 0.3) is 5.91 Å². The van der Waals surface area contributed by atoms with Crippen LogP contribution in [0, 0.1) is 5.92 Å². The zero-order valence-corrected chi connectivity index (χ0v) is 16.0. The molecule has 0 bridgehead atoms. The molecule has 0 spiro atoms. The van der Waals surface area contributed by atoms with Crippen LogP contribution in [0.4, 0.5) is 0 Å². The Balaban J connectivity index is 0.00000225. The minimum Gasteiger partial charge on any atom is -0.390 e. The Hall–Kier alpha value is -1.27. The Morgan fingerprint density at radius 3 is 2.72 bits per heavy atom. The Morgan fingerprint density at radius 2 is 2.08 bits per heavy atom. The molecule has 1 aromatic heterocycles. The van der Waals surface area contributed by atoms with Crippen LogP contribution in [0.5, 0.6) is 0 Å². The molecule has 1 aliphatic rings. The second-order valence-electron chi connectivity index (χ2n) is 7.32. The van der Waals surface area contributed by atoms with E-state index in [0.717, 1.165) is 23.7 Å². The molecule has 5 N–H and O–H groups in total. The van der Waals surface area contributed by atoms with Crippen LogP contribution in [0.15, 0.2) is 24.3 Å². The average molecular weight is 386 g/mol. The number of nitrogens with one attached hydrogen (secondary N) is 2. The first-order valence-corrected chi connectivity index (χ1v) is 8.69. The molecule has 1 saturated carbocycles. The first kappa shape index (κ1) is 20.0. The number of hydrogen-bond donors (Lipinski definition) is 4. The molecule has 0 aliphatic heterocycles. The Bertz CT molecular complexity index is 754. The van der Waals surface area contributed by atoms with Gasteiger partial charge in [-0.15, -0.1) is 12.4 Å². The van der Waals surface area contributed by atoms with Crippen molar-refractivity contribution in [2.45, 2.75) is 50.8 Å². The molecule has 1 fully saturated rings. The number of aromatic nitrogens is 1. The van der Waals surface area contributed by atoms with Gasteiger partial charge in [0.2, 0.25) is 0 Å². The van der Waals surface area contributed by atoms with E-state index in [4.69, 9.17) is 17.3 Å². The zero-order chi connectivity index (χ0) is 17.5. The van der Waals surface area contributed by atoms with E-state index < -0.39 is 5.60 Å². The highest BCUT2D eigenvalue weighted by atomic mass is 35.5. The van der Waals surface area contributed by atoms with E-state index in [0.29, 0.717) is 17.1 Å². The fraction of sp³-hybridized carbons (Fsp3) is 0.500. The monoisotopic (exact) mass is 385 g/mol. The summed E-state index contributed by atoms with van der Waals surface area (Å²) in [6.07, 6.45) is 2.33. The van der Waals surface area contributed by atoms with Gasteiger partial charge in [-0.25, -0.2) is 0 Å². The number of aliphatic hydroxyl groups is 1. The molecule has 7 heteroatoms. The van der Waals surface area contributed by atoms with Crippen molar-refractivity contribution in [2.75, 3.05) is 0 Å². The summed E-state index contributed by atoms with van der Waals surface area (Å²) in [6.45, 7) is 3.64. The number of hydrogen-bond acceptors (Lipinski definition) is 3. The zero-order valence-electron chi connectivity index (χ0n) is 14.4. The predicted molar refractivity (Wildman–Crippen MR) is 103 cm³/mol. The Morgan fingerprint density at radius 1 is 1.36 bits per heavy atom. The molecule has 0 saturated heterocycles. The molecule has 0 radical (unpaired) electrons. The summed E-state index contributed by atoms with van der Waals surface area (Å²) in [4.78, 5) is 15.6. The largest absolute Gasteiger partial charge is 0.390 e. The van der Waals surface area contributed by atoms with Gasteiger partial charge in [0.05, 0.1) is 5.60 Å². The van der Waals surface area contributed by atoms with E-state index in [1.807, 2.05) is 26.0 Å². The van der Waals surface area contributed by atoms with Crippen molar-refractivity contribution in [3.05, 3.63) is 35.0 Å². The minimum atomic E-state index is -0.733. The van der Waals surface area contributed by atoms with E-state index in [-0.39, 0.29) is 36.3 Å². The van der Waals surface area contributed by atoms with Gasteiger partial charge in [0.15, 0.2) is 0 Å². The van der Waals surface area contributed by atoms with Crippen LogP contribution in [0.1, 0.15) is 43.6 Å². The van der Waals surface area contributed by atoms with Gasteiger partial charge in [-0.05, 0) is 63.3 Å². The number of carbonyl (C=O) groups is 1. The first-order valence-electron chi connectivity index (χ1n) is 8.31. The lowest BCUT2D eigenvalue weighted by Crippen LogP contribution is -2.53. The number of aromatic amines is 1. The van der Waals surface area contributed by atoms with E-state index in [1.54, 1.807) is 12.1 Å². The van der Waals surface area contributed by atoms with Crippen molar-refractivity contribution >= 4 is 40.8 Å². The number of nitrogens with two attached hydrogens (primary N) is 1. The minimum absolute atomic E-state index is 0. The normalized spacial score (nSPS) is 24.0. The van der Waals surface area contributed by atoms with Gasteiger partial charge in [-0.1, -0.05) is 11.6 Å². The maximum atomic E-state index is 12.5. The summed E-state index contributed by atoms with van der Waals surface area (Å²) in [6, 6.07) is 7.03. The standard InChI is InChI=1S/C18H24ClN3O2.ClH/c1-18(2,24)11-3-5-15(13(20)9-11)22-17(23)16-8-10-7-12(19)4-6-14(10)21-16;/h4,6-8,11,13,15,21,24H,3,5,9,20H2,1-2H3,(H,22,23);1H/t11-,13?,15?;/m1./s1. The first-order chi connectivity index (χ1) is 11.2. The molecule has 138 valence electrons. The van der Waals surface area contributed by atoms with Gasteiger partial charge in [-0.3, -0.25) is 4.79 Å². The molecule has 1 aromatic carbocycles. The fourth-order valence-corrected chi connectivity index (χ4v) is 3.68. The smallest absolute Gasteiger partial charge is 0.268 e. The average Bonchev–Trinajstić information content (AvgIpc) is 2.91. The second-order valence-corrected chi connectivity index (χ2v) is 7.76. The van der Waals surface area contributed by atoms with Gasteiger partial charge < -0.3 is 21.1 Å². The summed E-state index contributed by atoms with van der Waals surface area (Å²) in [5.41, 5.74) is 6.88. The van der Waals surface area contributed by atoms with Crippen molar-refractivity contribution in [2.24, 2.45) is 11.7 Å². The van der Waals surface area contributed by atoms with Gasteiger partial charge in [0.1, 0.15) is 5.69 Å². The third kappa shape index (κ3) is 4.47. The van der Waals surface area contributed by atoms with Crippen molar-refractivity contribution in [3.63, 3.8) is 0 Å². The van der Waals surface area contributed by atoms with Crippen molar-refractivity contribution in [1.29, 1.82) is 0 Å².